The fraction of sp³-hybridized carbons (Fsp3) is 0.500. The molecule has 0 amide bonds. The Kier molecular flexibility index (Phi) is 4.02. The summed E-state index contributed by atoms with van der Waals surface area (Å²) >= 11 is 0. The predicted molar refractivity (Wildman–Crippen MR) is 84.5 cm³/mol. The van der Waals surface area contributed by atoms with Crippen LogP contribution in [0.5, 0.6) is 0 Å². The van der Waals surface area contributed by atoms with Crippen molar-refractivity contribution < 1.29 is 9.53 Å². The zero-order valence-electron chi connectivity index (χ0n) is 13.2. The van der Waals surface area contributed by atoms with E-state index in [4.69, 9.17) is 4.74 Å². The standard InChI is InChI=1S/C16H20N4O2/c1-4-12-9-13(10(2)21)19-15-14(12)17-11(3)18-16(15)20-5-7-22-8-6-20/h9H,4-8H2,1-3H3. The van der Waals surface area contributed by atoms with Crippen LogP contribution in [0.3, 0.4) is 0 Å². The van der Waals surface area contributed by atoms with Crippen molar-refractivity contribution in [1.82, 2.24) is 15.0 Å². The molecule has 0 radical (unpaired) electrons. The fourth-order valence-electron chi connectivity index (χ4n) is 2.71. The number of fused-ring (bicyclic) bond motifs is 1. The number of Topliss-reactive ketones (excluding diaryl/α,β-unsaturated/α-hetero) is 1. The van der Waals surface area contributed by atoms with Gasteiger partial charge in [0, 0.05) is 20.0 Å². The number of rotatable bonds is 3. The number of carbonyl (C=O) groups excluding carboxylic acids is 1. The lowest BCUT2D eigenvalue weighted by Crippen LogP contribution is -2.37. The first-order chi connectivity index (χ1) is 10.6. The zero-order valence-corrected chi connectivity index (χ0v) is 13.2. The average molecular weight is 300 g/mol. The molecule has 2 aromatic heterocycles. The number of aromatic nitrogens is 3. The molecule has 22 heavy (non-hydrogen) atoms. The van der Waals surface area contributed by atoms with Crippen LogP contribution in [0.15, 0.2) is 6.07 Å². The monoisotopic (exact) mass is 300 g/mol. The largest absolute Gasteiger partial charge is 0.378 e. The Morgan fingerprint density at radius 3 is 2.59 bits per heavy atom. The van der Waals surface area contributed by atoms with Gasteiger partial charge in [0.15, 0.2) is 11.6 Å². The van der Waals surface area contributed by atoms with E-state index in [-0.39, 0.29) is 5.78 Å². The van der Waals surface area contributed by atoms with E-state index >= 15 is 0 Å². The van der Waals surface area contributed by atoms with E-state index in [1.807, 2.05) is 13.0 Å². The van der Waals surface area contributed by atoms with E-state index in [9.17, 15) is 4.79 Å². The summed E-state index contributed by atoms with van der Waals surface area (Å²) in [5, 5.41) is 0. The minimum atomic E-state index is -0.0369. The number of pyridine rings is 1. The Bertz CT molecular complexity index is 724. The van der Waals surface area contributed by atoms with Crippen LogP contribution < -0.4 is 4.90 Å². The van der Waals surface area contributed by atoms with Gasteiger partial charge in [0.1, 0.15) is 17.0 Å². The van der Waals surface area contributed by atoms with Gasteiger partial charge >= 0.3 is 0 Å². The highest BCUT2D eigenvalue weighted by molar-refractivity contribution is 5.97. The molecule has 1 aliphatic heterocycles. The predicted octanol–water partition coefficient (Wildman–Crippen LogP) is 1.93. The summed E-state index contributed by atoms with van der Waals surface area (Å²) in [5.41, 5.74) is 3.08. The Labute approximate surface area is 129 Å². The van der Waals surface area contributed by atoms with Gasteiger partial charge in [-0.05, 0) is 25.0 Å². The summed E-state index contributed by atoms with van der Waals surface area (Å²) in [5.74, 6) is 1.50. The summed E-state index contributed by atoms with van der Waals surface area (Å²) in [4.78, 5) is 27.6. The van der Waals surface area contributed by atoms with Crippen molar-refractivity contribution in [2.45, 2.75) is 27.2 Å². The molecule has 0 saturated carbocycles. The number of aryl methyl sites for hydroxylation is 2. The highest BCUT2D eigenvalue weighted by atomic mass is 16.5. The Morgan fingerprint density at radius 2 is 1.95 bits per heavy atom. The van der Waals surface area contributed by atoms with Crippen LogP contribution in [0, 0.1) is 6.92 Å². The number of morpholine rings is 1. The van der Waals surface area contributed by atoms with Crippen molar-refractivity contribution in [2.75, 3.05) is 31.2 Å². The third kappa shape index (κ3) is 2.66. The van der Waals surface area contributed by atoms with Gasteiger partial charge < -0.3 is 9.64 Å². The Morgan fingerprint density at radius 1 is 1.23 bits per heavy atom. The fourth-order valence-corrected chi connectivity index (χ4v) is 2.71. The molecular weight excluding hydrogens is 280 g/mol. The zero-order chi connectivity index (χ0) is 15.7. The van der Waals surface area contributed by atoms with Crippen molar-refractivity contribution in [1.29, 1.82) is 0 Å². The maximum absolute atomic E-state index is 11.8. The summed E-state index contributed by atoms with van der Waals surface area (Å²) < 4.78 is 5.41. The van der Waals surface area contributed by atoms with Crippen molar-refractivity contribution in [3.8, 4) is 0 Å². The first-order valence-electron chi connectivity index (χ1n) is 7.62. The van der Waals surface area contributed by atoms with Crippen LogP contribution in [-0.4, -0.2) is 47.0 Å². The number of carbonyl (C=O) groups is 1. The van der Waals surface area contributed by atoms with Crippen LogP contribution in [0.25, 0.3) is 11.0 Å². The molecule has 6 heteroatoms. The van der Waals surface area contributed by atoms with Crippen LogP contribution >= 0.6 is 0 Å². The molecule has 3 heterocycles. The highest BCUT2D eigenvalue weighted by Crippen LogP contribution is 2.26. The van der Waals surface area contributed by atoms with Gasteiger partial charge in [-0.1, -0.05) is 6.92 Å². The normalized spacial score (nSPS) is 15.3. The third-order valence-electron chi connectivity index (χ3n) is 3.88. The molecule has 0 N–H and O–H groups in total. The average Bonchev–Trinajstić information content (AvgIpc) is 2.53. The van der Waals surface area contributed by atoms with Crippen LogP contribution in [0.1, 0.15) is 35.7 Å². The lowest BCUT2D eigenvalue weighted by Gasteiger charge is -2.28. The molecule has 1 saturated heterocycles. The van der Waals surface area contributed by atoms with Gasteiger partial charge in [0.2, 0.25) is 0 Å². The molecule has 0 bridgehead atoms. The quantitative estimate of drug-likeness (QED) is 0.807. The maximum atomic E-state index is 11.8. The van der Waals surface area contributed by atoms with Crippen LogP contribution in [0.4, 0.5) is 5.82 Å². The van der Waals surface area contributed by atoms with E-state index in [2.05, 4.69) is 26.8 Å². The molecule has 3 rings (SSSR count). The lowest BCUT2D eigenvalue weighted by molar-refractivity contribution is 0.101. The van der Waals surface area contributed by atoms with Crippen LogP contribution in [-0.2, 0) is 11.2 Å². The summed E-state index contributed by atoms with van der Waals surface area (Å²) in [6.45, 7) is 8.40. The van der Waals surface area contributed by atoms with Crippen molar-refractivity contribution in [3.63, 3.8) is 0 Å². The molecule has 6 nitrogen and oxygen atoms in total. The second-order valence-corrected chi connectivity index (χ2v) is 5.47. The number of ether oxygens (including phenoxy) is 1. The van der Waals surface area contributed by atoms with Gasteiger partial charge in [-0.25, -0.2) is 15.0 Å². The Hall–Kier alpha value is -2.08. The number of nitrogens with zero attached hydrogens (tertiary/aromatic N) is 4. The number of ketones is 1. The van der Waals surface area contributed by atoms with Crippen molar-refractivity contribution >= 4 is 22.6 Å². The summed E-state index contributed by atoms with van der Waals surface area (Å²) in [6.07, 6.45) is 0.804. The molecule has 2 aromatic rings. The van der Waals surface area contributed by atoms with Gasteiger partial charge in [-0.3, -0.25) is 4.79 Å². The van der Waals surface area contributed by atoms with E-state index < -0.39 is 0 Å². The van der Waals surface area contributed by atoms with Gasteiger partial charge in [0.25, 0.3) is 0 Å². The van der Waals surface area contributed by atoms with Crippen molar-refractivity contribution in [3.05, 3.63) is 23.1 Å². The number of anilines is 1. The number of hydrogen-bond donors (Lipinski definition) is 0. The first kappa shape index (κ1) is 14.8. The molecular formula is C16H20N4O2. The molecule has 1 aliphatic rings. The Balaban J connectivity index is 2.25. The molecule has 0 atom stereocenters. The molecule has 0 aliphatic carbocycles. The maximum Gasteiger partial charge on any atom is 0.178 e. The van der Waals surface area contributed by atoms with E-state index in [0.717, 1.165) is 47.7 Å². The topological polar surface area (TPSA) is 68.2 Å². The molecule has 1 fully saturated rings. The minimum absolute atomic E-state index is 0.0369. The molecule has 0 spiro atoms. The van der Waals surface area contributed by atoms with Gasteiger partial charge in [0.05, 0.1) is 18.7 Å². The summed E-state index contributed by atoms with van der Waals surface area (Å²) in [7, 11) is 0. The van der Waals surface area contributed by atoms with Crippen molar-refractivity contribution in [2.24, 2.45) is 0 Å². The van der Waals surface area contributed by atoms with E-state index in [1.54, 1.807) is 0 Å². The second-order valence-electron chi connectivity index (χ2n) is 5.47. The number of hydrogen-bond acceptors (Lipinski definition) is 6. The van der Waals surface area contributed by atoms with E-state index in [0.29, 0.717) is 18.9 Å². The molecule has 0 unspecified atom stereocenters. The highest BCUT2D eigenvalue weighted by Gasteiger charge is 2.20. The molecule has 0 aromatic carbocycles. The van der Waals surface area contributed by atoms with E-state index in [1.165, 1.54) is 6.92 Å². The minimum Gasteiger partial charge on any atom is -0.378 e. The second kappa shape index (κ2) is 5.96. The first-order valence-corrected chi connectivity index (χ1v) is 7.62. The molecule has 116 valence electrons. The van der Waals surface area contributed by atoms with Gasteiger partial charge in [-0.15, -0.1) is 0 Å². The van der Waals surface area contributed by atoms with Crippen LogP contribution in [0.2, 0.25) is 0 Å². The summed E-state index contributed by atoms with van der Waals surface area (Å²) in [6, 6.07) is 1.85. The SMILES string of the molecule is CCc1cc(C(C)=O)nc2c(N3CCOCC3)nc(C)nc12. The van der Waals surface area contributed by atoms with Gasteiger partial charge in [-0.2, -0.15) is 0 Å². The third-order valence-corrected chi connectivity index (χ3v) is 3.88. The lowest BCUT2D eigenvalue weighted by atomic mass is 10.1. The smallest absolute Gasteiger partial charge is 0.178 e.